The molecule has 0 atom stereocenters. The van der Waals surface area contributed by atoms with Crippen LogP contribution in [0.15, 0.2) is 83.3 Å². The average molecular weight is 422 g/mol. The van der Waals surface area contributed by atoms with Crippen molar-refractivity contribution < 1.29 is 4.74 Å². The second kappa shape index (κ2) is 9.54. The van der Waals surface area contributed by atoms with Gasteiger partial charge in [-0.15, -0.1) is 0 Å². The largest absolute Gasteiger partial charge is 0.492 e. The standard InChI is InChI=1S/C24H24BrNO/c1-2-23(18-6-4-3-5-7-18)24(19-8-12-21(25)13-9-19)20-10-14-22(15-11-20)27-17-16-26/h3-15H,2,16-17,26H2,1H3/b24-23+. The summed E-state index contributed by atoms with van der Waals surface area (Å²) in [6.07, 6.45) is 0.945. The Balaban J connectivity index is 2.13. The summed E-state index contributed by atoms with van der Waals surface area (Å²) in [6.45, 7) is 3.25. The van der Waals surface area contributed by atoms with E-state index in [-0.39, 0.29) is 0 Å². The molecule has 0 saturated carbocycles. The van der Waals surface area contributed by atoms with Crippen LogP contribution < -0.4 is 10.5 Å². The van der Waals surface area contributed by atoms with Crippen molar-refractivity contribution in [3.63, 3.8) is 0 Å². The van der Waals surface area contributed by atoms with Gasteiger partial charge in [0.2, 0.25) is 0 Å². The fourth-order valence-electron chi connectivity index (χ4n) is 3.19. The lowest BCUT2D eigenvalue weighted by molar-refractivity contribution is 0.328. The second-order valence-electron chi connectivity index (χ2n) is 6.24. The van der Waals surface area contributed by atoms with E-state index in [9.17, 15) is 0 Å². The molecule has 2 N–H and O–H groups in total. The molecule has 0 radical (unpaired) electrons. The van der Waals surface area contributed by atoms with E-state index in [4.69, 9.17) is 10.5 Å². The SMILES string of the molecule is CC/C(=C(/c1ccc(Br)cc1)c1ccc(OCCN)cc1)c1ccccc1. The number of nitrogens with two attached hydrogens (primary N) is 1. The van der Waals surface area contributed by atoms with Gasteiger partial charge in [0, 0.05) is 11.0 Å². The minimum absolute atomic E-state index is 0.514. The molecule has 0 amide bonds. The quantitative estimate of drug-likeness (QED) is 0.463. The van der Waals surface area contributed by atoms with Gasteiger partial charge in [-0.05, 0) is 58.5 Å². The number of allylic oxidation sites excluding steroid dienone is 1. The first-order valence-electron chi connectivity index (χ1n) is 9.20. The number of hydrogen-bond donors (Lipinski definition) is 1. The number of hydrogen-bond acceptors (Lipinski definition) is 2. The van der Waals surface area contributed by atoms with Crippen molar-refractivity contribution in [3.05, 3.63) is 100 Å². The third-order valence-corrected chi connectivity index (χ3v) is 4.97. The summed E-state index contributed by atoms with van der Waals surface area (Å²) in [6, 6.07) is 27.4. The van der Waals surface area contributed by atoms with Crippen LogP contribution in [-0.2, 0) is 0 Å². The molecule has 3 aromatic rings. The Labute approximate surface area is 169 Å². The third-order valence-electron chi connectivity index (χ3n) is 4.44. The predicted octanol–water partition coefficient (Wildman–Crippen LogP) is 6.16. The Kier molecular flexibility index (Phi) is 6.86. The van der Waals surface area contributed by atoms with Crippen LogP contribution in [0, 0.1) is 0 Å². The summed E-state index contributed by atoms with van der Waals surface area (Å²) in [5.74, 6) is 0.845. The van der Waals surface area contributed by atoms with Crippen LogP contribution in [0.1, 0.15) is 30.0 Å². The Bertz CT molecular complexity index is 884. The third kappa shape index (κ3) is 4.88. The molecule has 0 fully saturated rings. The summed E-state index contributed by atoms with van der Waals surface area (Å²) >= 11 is 3.54. The summed E-state index contributed by atoms with van der Waals surface area (Å²) in [4.78, 5) is 0. The van der Waals surface area contributed by atoms with Gasteiger partial charge >= 0.3 is 0 Å². The van der Waals surface area contributed by atoms with Gasteiger partial charge in [-0.25, -0.2) is 0 Å². The van der Waals surface area contributed by atoms with Crippen LogP contribution in [0.5, 0.6) is 5.75 Å². The lowest BCUT2D eigenvalue weighted by Gasteiger charge is -2.17. The van der Waals surface area contributed by atoms with Crippen LogP contribution >= 0.6 is 15.9 Å². The monoisotopic (exact) mass is 421 g/mol. The Morgan fingerprint density at radius 2 is 1.41 bits per heavy atom. The van der Waals surface area contributed by atoms with E-state index < -0.39 is 0 Å². The molecule has 138 valence electrons. The fraction of sp³-hybridized carbons (Fsp3) is 0.167. The highest BCUT2D eigenvalue weighted by molar-refractivity contribution is 9.10. The molecule has 0 unspecified atom stereocenters. The van der Waals surface area contributed by atoms with Gasteiger partial charge in [-0.3, -0.25) is 0 Å². The van der Waals surface area contributed by atoms with Gasteiger partial charge in [-0.2, -0.15) is 0 Å². The Morgan fingerprint density at radius 1 is 0.815 bits per heavy atom. The van der Waals surface area contributed by atoms with Crippen molar-refractivity contribution in [2.24, 2.45) is 5.73 Å². The van der Waals surface area contributed by atoms with E-state index in [0.717, 1.165) is 16.6 Å². The first-order valence-corrected chi connectivity index (χ1v) is 10.00. The Hall–Kier alpha value is -2.36. The van der Waals surface area contributed by atoms with Gasteiger partial charge in [0.25, 0.3) is 0 Å². The molecule has 0 spiro atoms. The molecule has 0 bridgehead atoms. The van der Waals surface area contributed by atoms with Crippen molar-refractivity contribution in [2.75, 3.05) is 13.2 Å². The van der Waals surface area contributed by atoms with Crippen LogP contribution in [0.2, 0.25) is 0 Å². The van der Waals surface area contributed by atoms with E-state index in [0.29, 0.717) is 13.2 Å². The summed E-state index contributed by atoms with van der Waals surface area (Å²) < 4.78 is 6.71. The smallest absolute Gasteiger partial charge is 0.119 e. The van der Waals surface area contributed by atoms with E-state index in [1.54, 1.807) is 0 Å². The lowest BCUT2D eigenvalue weighted by Crippen LogP contribution is -2.10. The zero-order valence-electron chi connectivity index (χ0n) is 15.5. The molecule has 3 aromatic carbocycles. The van der Waals surface area contributed by atoms with E-state index in [2.05, 4.69) is 89.6 Å². The molecule has 3 rings (SSSR count). The molecule has 27 heavy (non-hydrogen) atoms. The van der Waals surface area contributed by atoms with E-state index in [1.165, 1.54) is 27.8 Å². The minimum Gasteiger partial charge on any atom is -0.492 e. The fourth-order valence-corrected chi connectivity index (χ4v) is 3.46. The number of halogens is 1. The maximum Gasteiger partial charge on any atom is 0.119 e. The van der Waals surface area contributed by atoms with Crippen LogP contribution in [0.3, 0.4) is 0 Å². The van der Waals surface area contributed by atoms with Gasteiger partial charge in [0.05, 0.1) is 0 Å². The molecule has 2 nitrogen and oxygen atoms in total. The van der Waals surface area contributed by atoms with E-state index in [1.807, 2.05) is 12.1 Å². The predicted molar refractivity (Wildman–Crippen MR) is 118 cm³/mol. The molecule has 0 aliphatic heterocycles. The van der Waals surface area contributed by atoms with Crippen molar-refractivity contribution in [3.8, 4) is 5.75 Å². The second-order valence-corrected chi connectivity index (χ2v) is 7.16. The van der Waals surface area contributed by atoms with Gasteiger partial charge < -0.3 is 10.5 Å². The molecular weight excluding hydrogens is 398 g/mol. The molecular formula is C24H24BrNO. The maximum atomic E-state index is 5.64. The number of rotatable bonds is 7. The van der Waals surface area contributed by atoms with Crippen molar-refractivity contribution in [1.82, 2.24) is 0 Å². The highest BCUT2D eigenvalue weighted by Crippen LogP contribution is 2.35. The maximum absolute atomic E-state index is 5.64. The highest BCUT2D eigenvalue weighted by Gasteiger charge is 2.13. The minimum atomic E-state index is 0.514. The average Bonchev–Trinajstić information content (AvgIpc) is 2.72. The summed E-state index contributed by atoms with van der Waals surface area (Å²) in [5.41, 5.74) is 11.7. The molecule has 0 heterocycles. The number of ether oxygens (including phenoxy) is 1. The van der Waals surface area contributed by atoms with Crippen LogP contribution in [0.25, 0.3) is 11.1 Å². The molecule has 3 heteroatoms. The van der Waals surface area contributed by atoms with Crippen molar-refractivity contribution in [2.45, 2.75) is 13.3 Å². The molecule has 0 aromatic heterocycles. The van der Waals surface area contributed by atoms with Gasteiger partial charge in [-0.1, -0.05) is 77.5 Å². The first-order chi connectivity index (χ1) is 13.2. The lowest BCUT2D eigenvalue weighted by atomic mass is 9.88. The summed E-state index contributed by atoms with van der Waals surface area (Å²) in [7, 11) is 0. The highest BCUT2D eigenvalue weighted by atomic mass is 79.9. The topological polar surface area (TPSA) is 35.2 Å². The van der Waals surface area contributed by atoms with Gasteiger partial charge in [0.1, 0.15) is 12.4 Å². The van der Waals surface area contributed by atoms with E-state index >= 15 is 0 Å². The van der Waals surface area contributed by atoms with Crippen LogP contribution in [-0.4, -0.2) is 13.2 Å². The zero-order chi connectivity index (χ0) is 19.1. The number of benzene rings is 3. The van der Waals surface area contributed by atoms with Crippen LogP contribution in [0.4, 0.5) is 0 Å². The first kappa shape index (κ1) is 19.4. The Morgan fingerprint density at radius 3 is 1.96 bits per heavy atom. The zero-order valence-corrected chi connectivity index (χ0v) is 17.1. The normalized spacial score (nSPS) is 11.8. The molecule has 0 aliphatic rings. The van der Waals surface area contributed by atoms with Crippen molar-refractivity contribution >= 4 is 27.1 Å². The van der Waals surface area contributed by atoms with Gasteiger partial charge in [0.15, 0.2) is 0 Å². The molecule has 0 aliphatic carbocycles. The van der Waals surface area contributed by atoms with Crippen molar-refractivity contribution in [1.29, 1.82) is 0 Å². The molecule has 0 saturated heterocycles. The summed E-state index contributed by atoms with van der Waals surface area (Å²) in [5, 5.41) is 0.